The summed E-state index contributed by atoms with van der Waals surface area (Å²) in [5.41, 5.74) is 1.25. The lowest BCUT2D eigenvalue weighted by Gasteiger charge is -2.18. The van der Waals surface area contributed by atoms with Crippen molar-refractivity contribution in [2.75, 3.05) is 26.3 Å². The van der Waals surface area contributed by atoms with E-state index in [1.54, 1.807) is 0 Å². The van der Waals surface area contributed by atoms with E-state index >= 15 is 0 Å². The Morgan fingerprint density at radius 2 is 2.00 bits per heavy atom. The largest absolute Gasteiger partial charge is 0.486 e. The molecule has 3 nitrogen and oxygen atoms in total. The minimum absolute atomic E-state index is 0.636. The van der Waals surface area contributed by atoms with Crippen LogP contribution in [0.2, 0.25) is 0 Å². The van der Waals surface area contributed by atoms with E-state index in [4.69, 9.17) is 15.9 Å². The van der Waals surface area contributed by atoms with Crippen molar-refractivity contribution < 1.29 is 9.47 Å². The summed E-state index contributed by atoms with van der Waals surface area (Å²) in [5, 5.41) is 3.30. The van der Waals surface area contributed by atoms with Crippen LogP contribution in [0.4, 0.5) is 0 Å². The number of fused-ring (bicyclic) bond motifs is 1. The second-order valence-electron chi connectivity index (χ2n) is 3.93. The van der Waals surface area contributed by atoms with E-state index in [0.29, 0.717) is 13.2 Å². The summed E-state index contributed by atoms with van der Waals surface area (Å²) in [7, 11) is 0. The molecule has 90 valence electrons. The molecule has 17 heavy (non-hydrogen) atoms. The number of terminal acetylenes is 1. The Kier molecular flexibility index (Phi) is 4.29. The SMILES string of the molecule is C#CCCNCCc1ccc2c(c1)OCCO2. The highest BCUT2D eigenvalue weighted by molar-refractivity contribution is 5.43. The average molecular weight is 231 g/mol. The molecule has 0 radical (unpaired) electrons. The zero-order chi connectivity index (χ0) is 11.9. The molecule has 0 amide bonds. The van der Waals surface area contributed by atoms with Crippen molar-refractivity contribution in [3.05, 3.63) is 23.8 Å². The first-order valence-electron chi connectivity index (χ1n) is 5.93. The molecular formula is C14H17NO2. The van der Waals surface area contributed by atoms with E-state index in [1.165, 1.54) is 5.56 Å². The van der Waals surface area contributed by atoms with E-state index in [-0.39, 0.29) is 0 Å². The van der Waals surface area contributed by atoms with Gasteiger partial charge in [-0.3, -0.25) is 0 Å². The zero-order valence-electron chi connectivity index (χ0n) is 9.87. The predicted octanol–water partition coefficient (Wildman–Crippen LogP) is 1.61. The Morgan fingerprint density at radius 3 is 2.82 bits per heavy atom. The van der Waals surface area contributed by atoms with Gasteiger partial charge in [0.05, 0.1) is 0 Å². The third kappa shape index (κ3) is 3.40. The molecule has 0 atom stereocenters. The van der Waals surface area contributed by atoms with Gasteiger partial charge in [0.25, 0.3) is 0 Å². The van der Waals surface area contributed by atoms with Crippen molar-refractivity contribution in [2.45, 2.75) is 12.8 Å². The summed E-state index contributed by atoms with van der Waals surface area (Å²) >= 11 is 0. The second kappa shape index (κ2) is 6.17. The highest BCUT2D eigenvalue weighted by atomic mass is 16.6. The van der Waals surface area contributed by atoms with Crippen molar-refractivity contribution in [3.63, 3.8) is 0 Å². The fraction of sp³-hybridized carbons (Fsp3) is 0.429. The summed E-state index contributed by atoms with van der Waals surface area (Å²) in [6.45, 7) is 3.08. The molecule has 0 bridgehead atoms. The predicted molar refractivity (Wildman–Crippen MR) is 67.5 cm³/mol. The van der Waals surface area contributed by atoms with E-state index in [9.17, 15) is 0 Å². The summed E-state index contributed by atoms with van der Waals surface area (Å²) in [5.74, 6) is 4.31. The fourth-order valence-electron chi connectivity index (χ4n) is 1.76. The third-order valence-corrected chi connectivity index (χ3v) is 2.64. The summed E-state index contributed by atoms with van der Waals surface area (Å²) < 4.78 is 11.0. The standard InChI is InChI=1S/C14H17NO2/c1-2-3-7-15-8-6-12-4-5-13-14(11-12)17-10-9-16-13/h1,4-5,11,15H,3,6-10H2. The molecule has 0 fully saturated rings. The van der Waals surface area contributed by atoms with Gasteiger partial charge in [-0.1, -0.05) is 6.07 Å². The molecule has 1 N–H and O–H groups in total. The van der Waals surface area contributed by atoms with Crippen molar-refractivity contribution in [2.24, 2.45) is 0 Å². The first-order chi connectivity index (χ1) is 8.40. The first kappa shape index (κ1) is 11.8. The normalized spacial score (nSPS) is 13.1. The van der Waals surface area contributed by atoms with Gasteiger partial charge in [0.1, 0.15) is 13.2 Å². The molecule has 0 aliphatic carbocycles. The Labute approximate surface area is 102 Å². The maximum absolute atomic E-state index is 5.54. The Hall–Kier alpha value is -1.66. The first-order valence-corrected chi connectivity index (χ1v) is 5.93. The van der Waals surface area contributed by atoms with Gasteiger partial charge in [-0.2, -0.15) is 0 Å². The van der Waals surface area contributed by atoms with E-state index in [2.05, 4.69) is 23.4 Å². The van der Waals surface area contributed by atoms with Crippen LogP contribution >= 0.6 is 0 Å². The van der Waals surface area contributed by atoms with Crippen molar-refractivity contribution >= 4 is 0 Å². The summed E-state index contributed by atoms with van der Waals surface area (Å²) in [4.78, 5) is 0. The lowest BCUT2D eigenvalue weighted by molar-refractivity contribution is 0.171. The molecule has 1 aromatic carbocycles. The van der Waals surface area contributed by atoms with Gasteiger partial charge in [-0.25, -0.2) is 0 Å². The summed E-state index contributed by atoms with van der Waals surface area (Å²) in [6.07, 6.45) is 6.93. The van der Waals surface area contributed by atoms with Gasteiger partial charge < -0.3 is 14.8 Å². The van der Waals surface area contributed by atoms with Crippen LogP contribution in [0, 0.1) is 12.3 Å². The van der Waals surface area contributed by atoms with Crippen LogP contribution in [0.5, 0.6) is 11.5 Å². The molecule has 0 aromatic heterocycles. The molecule has 1 aliphatic heterocycles. The maximum atomic E-state index is 5.54. The van der Waals surface area contributed by atoms with Crippen molar-refractivity contribution in [3.8, 4) is 23.8 Å². The molecule has 1 aromatic rings. The molecule has 3 heteroatoms. The van der Waals surface area contributed by atoms with Crippen molar-refractivity contribution in [1.29, 1.82) is 0 Å². The quantitative estimate of drug-likeness (QED) is 0.617. The van der Waals surface area contributed by atoms with Crippen LogP contribution in [-0.2, 0) is 6.42 Å². The van der Waals surface area contributed by atoms with Crippen LogP contribution in [-0.4, -0.2) is 26.3 Å². The van der Waals surface area contributed by atoms with E-state index in [0.717, 1.165) is 37.4 Å². The summed E-state index contributed by atoms with van der Waals surface area (Å²) in [6, 6.07) is 6.11. The molecule has 0 spiro atoms. The number of nitrogens with one attached hydrogen (secondary N) is 1. The van der Waals surface area contributed by atoms with E-state index in [1.807, 2.05) is 6.07 Å². The van der Waals surface area contributed by atoms with Gasteiger partial charge in [-0.15, -0.1) is 12.3 Å². The zero-order valence-corrected chi connectivity index (χ0v) is 9.87. The highest BCUT2D eigenvalue weighted by Gasteiger charge is 2.11. The molecule has 1 heterocycles. The molecule has 2 rings (SSSR count). The number of benzene rings is 1. The number of ether oxygens (including phenoxy) is 2. The molecule has 0 saturated heterocycles. The monoisotopic (exact) mass is 231 g/mol. The van der Waals surface area contributed by atoms with Crippen LogP contribution < -0.4 is 14.8 Å². The topological polar surface area (TPSA) is 30.5 Å². The minimum atomic E-state index is 0.636. The highest BCUT2D eigenvalue weighted by Crippen LogP contribution is 2.30. The van der Waals surface area contributed by atoms with Gasteiger partial charge >= 0.3 is 0 Å². The number of rotatable bonds is 5. The van der Waals surface area contributed by atoms with Crippen molar-refractivity contribution in [1.82, 2.24) is 5.32 Å². The smallest absolute Gasteiger partial charge is 0.161 e. The maximum Gasteiger partial charge on any atom is 0.161 e. The van der Waals surface area contributed by atoms with E-state index < -0.39 is 0 Å². The molecule has 0 saturated carbocycles. The van der Waals surface area contributed by atoms with Gasteiger partial charge in [-0.05, 0) is 30.7 Å². The minimum Gasteiger partial charge on any atom is -0.486 e. The van der Waals surface area contributed by atoms with Crippen LogP contribution in [0.25, 0.3) is 0 Å². The number of hydrogen-bond donors (Lipinski definition) is 1. The van der Waals surface area contributed by atoms with Crippen LogP contribution in [0.3, 0.4) is 0 Å². The van der Waals surface area contributed by atoms with Gasteiger partial charge in [0.2, 0.25) is 0 Å². The second-order valence-corrected chi connectivity index (χ2v) is 3.93. The Bertz CT molecular complexity index is 409. The van der Waals surface area contributed by atoms with Crippen LogP contribution in [0.1, 0.15) is 12.0 Å². The van der Waals surface area contributed by atoms with Crippen LogP contribution in [0.15, 0.2) is 18.2 Å². The lowest BCUT2D eigenvalue weighted by atomic mass is 10.1. The Morgan fingerprint density at radius 1 is 1.18 bits per heavy atom. The molecular weight excluding hydrogens is 214 g/mol. The number of hydrogen-bond acceptors (Lipinski definition) is 3. The molecule has 1 aliphatic rings. The third-order valence-electron chi connectivity index (χ3n) is 2.64. The van der Waals surface area contributed by atoms with Gasteiger partial charge in [0, 0.05) is 13.0 Å². The fourth-order valence-corrected chi connectivity index (χ4v) is 1.76. The average Bonchev–Trinajstić information content (AvgIpc) is 2.38. The Balaban J connectivity index is 1.83. The van der Waals surface area contributed by atoms with Gasteiger partial charge in [0.15, 0.2) is 11.5 Å². The molecule has 0 unspecified atom stereocenters. The lowest BCUT2D eigenvalue weighted by Crippen LogP contribution is -2.18.